The van der Waals surface area contributed by atoms with Gasteiger partial charge in [-0.15, -0.1) is 0 Å². The van der Waals surface area contributed by atoms with E-state index in [9.17, 15) is 0 Å². The fourth-order valence-corrected chi connectivity index (χ4v) is 2.70. The number of rotatable bonds is 3. The van der Waals surface area contributed by atoms with E-state index in [2.05, 4.69) is 34.3 Å². The molecule has 0 spiro atoms. The van der Waals surface area contributed by atoms with Crippen molar-refractivity contribution in [3.05, 3.63) is 90.3 Å². The van der Waals surface area contributed by atoms with Crippen LogP contribution in [0.4, 0.5) is 5.82 Å². The molecule has 0 fully saturated rings. The highest BCUT2D eigenvalue weighted by Gasteiger charge is 2.08. The van der Waals surface area contributed by atoms with Gasteiger partial charge in [-0.2, -0.15) is 5.10 Å². The largest absolute Gasteiger partial charge is 0.266 e. The van der Waals surface area contributed by atoms with Gasteiger partial charge in [0.2, 0.25) is 0 Å². The highest BCUT2D eigenvalue weighted by atomic mass is 15.2. The molecule has 2 aromatic carbocycles. The number of fused-ring (bicyclic) bond motifs is 1. The molecule has 0 unspecified atom stereocenters. The molecule has 0 atom stereocenters. The second-order valence-corrected chi connectivity index (χ2v) is 5.56. The summed E-state index contributed by atoms with van der Waals surface area (Å²) in [6, 6.07) is 22.3. The fraction of sp³-hybridized carbons (Fsp3) is 0.0500. The van der Waals surface area contributed by atoms with E-state index in [4.69, 9.17) is 4.99 Å². The molecule has 0 saturated carbocycles. The Morgan fingerprint density at radius 1 is 0.875 bits per heavy atom. The summed E-state index contributed by atoms with van der Waals surface area (Å²) in [5, 5.41) is 5.29. The first-order valence-electron chi connectivity index (χ1n) is 7.78. The molecule has 24 heavy (non-hydrogen) atoms. The highest BCUT2D eigenvalue weighted by Crippen LogP contribution is 2.20. The van der Waals surface area contributed by atoms with Gasteiger partial charge >= 0.3 is 0 Å². The summed E-state index contributed by atoms with van der Waals surface area (Å²) < 4.78 is 1.81. The van der Waals surface area contributed by atoms with Crippen molar-refractivity contribution in [1.82, 2.24) is 14.8 Å². The van der Waals surface area contributed by atoms with Crippen molar-refractivity contribution in [3.8, 4) is 0 Å². The van der Waals surface area contributed by atoms with Crippen molar-refractivity contribution in [2.45, 2.75) is 0 Å². The van der Waals surface area contributed by atoms with Crippen LogP contribution in [0.1, 0.15) is 11.1 Å². The van der Waals surface area contributed by atoms with Crippen molar-refractivity contribution in [1.29, 1.82) is 0 Å². The van der Waals surface area contributed by atoms with Crippen molar-refractivity contribution >= 4 is 22.4 Å². The number of hydrogen-bond acceptors (Lipinski definition) is 3. The zero-order valence-electron chi connectivity index (χ0n) is 13.3. The van der Waals surface area contributed by atoms with E-state index < -0.39 is 0 Å². The lowest BCUT2D eigenvalue weighted by molar-refractivity contribution is 0.795. The van der Waals surface area contributed by atoms with E-state index in [0.29, 0.717) is 5.82 Å². The summed E-state index contributed by atoms with van der Waals surface area (Å²) in [7, 11) is 1.91. The minimum absolute atomic E-state index is 0.679. The molecule has 0 bridgehead atoms. The molecular formula is C20H16N4. The maximum atomic E-state index is 4.83. The third-order valence-electron chi connectivity index (χ3n) is 3.94. The SMILES string of the molecule is Cn1ncc2cc(N=C(c3ccccc3)c3ccccc3)ncc21. The Labute approximate surface area is 140 Å². The molecule has 4 aromatic rings. The molecule has 0 amide bonds. The van der Waals surface area contributed by atoms with E-state index in [1.165, 1.54) is 0 Å². The van der Waals surface area contributed by atoms with Crippen molar-refractivity contribution < 1.29 is 0 Å². The molecule has 2 heterocycles. The van der Waals surface area contributed by atoms with Gasteiger partial charge in [0, 0.05) is 23.6 Å². The first kappa shape index (κ1) is 14.3. The summed E-state index contributed by atoms with van der Waals surface area (Å²) in [5.41, 5.74) is 4.04. The smallest absolute Gasteiger partial charge is 0.153 e. The molecule has 4 rings (SSSR count). The van der Waals surface area contributed by atoms with Crippen LogP contribution in [0.15, 0.2) is 84.1 Å². The Morgan fingerprint density at radius 2 is 1.50 bits per heavy atom. The van der Waals surface area contributed by atoms with Crippen LogP contribution in [0.5, 0.6) is 0 Å². The van der Waals surface area contributed by atoms with Crippen molar-refractivity contribution in [3.63, 3.8) is 0 Å². The lowest BCUT2D eigenvalue weighted by Crippen LogP contribution is -2.02. The molecule has 0 aliphatic carbocycles. The molecular weight excluding hydrogens is 296 g/mol. The summed E-state index contributed by atoms with van der Waals surface area (Å²) >= 11 is 0. The fourth-order valence-electron chi connectivity index (χ4n) is 2.70. The number of nitrogens with zero attached hydrogens (tertiary/aromatic N) is 4. The van der Waals surface area contributed by atoms with Crippen LogP contribution in [-0.4, -0.2) is 20.5 Å². The van der Waals surface area contributed by atoms with Gasteiger partial charge in [0.05, 0.1) is 23.6 Å². The Balaban J connectivity index is 1.86. The molecule has 0 N–H and O–H groups in total. The normalized spacial score (nSPS) is 10.7. The zero-order chi connectivity index (χ0) is 16.4. The van der Waals surface area contributed by atoms with Crippen LogP contribution in [0, 0.1) is 0 Å². The van der Waals surface area contributed by atoms with Crippen LogP contribution < -0.4 is 0 Å². The van der Waals surface area contributed by atoms with Gasteiger partial charge in [0.1, 0.15) is 0 Å². The Morgan fingerprint density at radius 3 is 2.12 bits per heavy atom. The Hall–Kier alpha value is -3.27. The summed E-state index contributed by atoms with van der Waals surface area (Å²) in [5.74, 6) is 0.679. The predicted octanol–water partition coefficient (Wildman–Crippen LogP) is 4.14. The van der Waals surface area contributed by atoms with Gasteiger partial charge < -0.3 is 0 Å². The van der Waals surface area contributed by atoms with E-state index in [-0.39, 0.29) is 0 Å². The molecule has 2 aromatic heterocycles. The van der Waals surface area contributed by atoms with Gasteiger partial charge in [0.15, 0.2) is 5.82 Å². The van der Waals surface area contributed by atoms with Gasteiger partial charge in [-0.1, -0.05) is 60.7 Å². The number of aromatic nitrogens is 3. The van der Waals surface area contributed by atoms with Gasteiger partial charge in [-0.05, 0) is 6.07 Å². The van der Waals surface area contributed by atoms with Crippen LogP contribution in [-0.2, 0) is 7.05 Å². The minimum Gasteiger partial charge on any atom is -0.266 e. The summed E-state index contributed by atoms with van der Waals surface area (Å²) in [4.78, 5) is 9.31. The third kappa shape index (κ3) is 2.70. The third-order valence-corrected chi connectivity index (χ3v) is 3.94. The Bertz CT molecular complexity index is 960. The monoisotopic (exact) mass is 312 g/mol. The number of pyridine rings is 1. The van der Waals surface area contributed by atoms with Gasteiger partial charge in [-0.25, -0.2) is 9.98 Å². The van der Waals surface area contributed by atoms with E-state index >= 15 is 0 Å². The Kier molecular flexibility index (Phi) is 3.63. The lowest BCUT2D eigenvalue weighted by atomic mass is 10.0. The van der Waals surface area contributed by atoms with Gasteiger partial charge in [0.25, 0.3) is 0 Å². The number of aryl methyl sites for hydroxylation is 1. The number of benzene rings is 2. The van der Waals surface area contributed by atoms with Crippen molar-refractivity contribution in [2.75, 3.05) is 0 Å². The maximum absolute atomic E-state index is 4.83. The van der Waals surface area contributed by atoms with Gasteiger partial charge in [-0.3, -0.25) is 4.68 Å². The molecule has 0 saturated heterocycles. The molecule has 4 nitrogen and oxygen atoms in total. The average Bonchev–Trinajstić information content (AvgIpc) is 3.02. The van der Waals surface area contributed by atoms with Crippen LogP contribution in [0.25, 0.3) is 10.9 Å². The van der Waals surface area contributed by atoms with Crippen LogP contribution in [0.2, 0.25) is 0 Å². The molecule has 0 aliphatic heterocycles. The summed E-state index contributed by atoms with van der Waals surface area (Å²) in [6.45, 7) is 0. The highest BCUT2D eigenvalue weighted by molar-refractivity contribution is 6.13. The van der Waals surface area contributed by atoms with E-state index in [0.717, 1.165) is 27.7 Å². The minimum atomic E-state index is 0.679. The summed E-state index contributed by atoms with van der Waals surface area (Å²) in [6.07, 6.45) is 3.65. The zero-order valence-corrected chi connectivity index (χ0v) is 13.3. The first-order chi connectivity index (χ1) is 11.8. The maximum Gasteiger partial charge on any atom is 0.153 e. The number of aliphatic imine (C=N–C) groups is 1. The van der Waals surface area contributed by atoms with Crippen LogP contribution in [0.3, 0.4) is 0 Å². The topological polar surface area (TPSA) is 43.1 Å². The second kappa shape index (κ2) is 6.08. The standard InChI is InChI=1S/C20H16N4/c1-24-18-14-21-19(12-17(18)13-22-24)23-20(15-8-4-2-5-9-15)16-10-6-3-7-11-16/h2-14H,1H3. The molecule has 4 heteroatoms. The number of hydrogen-bond donors (Lipinski definition) is 0. The predicted molar refractivity (Wildman–Crippen MR) is 96.7 cm³/mol. The second-order valence-electron chi connectivity index (χ2n) is 5.56. The lowest BCUT2D eigenvalue weighted by Gasteiger charge is -2.07. The molecule has 116 valence electrons. The quantitative estimate of drug-likeness (QED) is 0.534. The van der Waals surface area contributed by atoms with Crippen molar-refractivity contribution in [2.24, 2.45) is 12.0 Å². The van der Waals surface area contributed by atoms with E-state index in [1.807, 2.05) is 66.6 Å². The van der Waals surface area contributed by atoms with Crippen LogP contribution >= 0.6 is 0 Å². The molecule has 0 radical (unpaired) electrons. The average molecular weight is 312 g/mol. The molecule has 0 aliphatic rings. The first-order valence-corrected chi connectivity index (χ1v) is 7.78. The van der Waals surface area contributed by atoms with E-state index in [1.54, 1.807) is 0 Å².